The number of carbonyl (C=O) groups is 1. The van der Waals surface area contributed by atoms with E-state index in [9.17, 15) is 4.79 Å². The van der Waals surface area contributed by atoms with Gasteiger partial charge in [-0.1, -0.05) is 50.4 Å². The maximum atomic E-state index is 12.5. The van der Waals surface area contributed by atoms with Gasteiger partial charge in [-0.15, -0.1) is 0 Å². The normalized spacial score (nSPS) is 28.0. The molecule has 1 aromatic rings. The van der Waals surface area contributed by atoms with Gasteiger partial charge in [0, 0.05) is 43.8 Å². The second kappa shape index (κ2) is 9.20. The van der Waals surface area contributed by atoms with E-state index in [-0.39, 0.29) is 5.91 Å². The molecule has 1 saturated carbocycles. The molecular weight excluding hydrogens is 346 g/mol. The molecule has 0 radical (unpaired) electrons. The molecule has 3 rings (SSSR count). The monoisotopic (exact) mass is 377 g/mol. The van der Waals surface area contributed by atoms with E-state index in [2.05, 4.69) is 41.1 Å². The average molecular weight is 378 g/mol. The molecule has 3 atom stereocenters. The zero-order chi connectivity index (χ0) is 18.5. The van der Waals surface area contributed by atoms with Gasteiger partial charge in [0.25, 0.3) is 0 Å². The van der Waals surface area contributed by atoms with Crippen molar-refractivity contribution < 1.29 is 4.79 Å². The zero-order valence-electron chi connectivity index (χ0n) is 16.1. The molecule has 0 spiro atoms. The highest BCUT2D eigenvalue weighted by molar-refractivity contribution is 6.30. The van der Waals surface area contributed by atoms with E-state index in [1.54, 1.807) is 0 Å². The van der Waals surface area contributed by atoms with Crippen LogP contribution >= 0.6 is 11.6 Å². The summed E-state index contributed by atoms with van der Waals surface area (Å²) in [6.45, 7) is 10.0. The molecule has 2 aliphatic rings. The molecule has 1 aliphatic heterocycles. The SMILES string of the molecule is C[C@@H]1[C@@H](C)CCC[C@H]1NC(=O)CN1CCN(Cc2ccc(Cl)cc2)CC1. The first kappa shape index (κ1) is 19.7. The van der Waals surface area contributed by atoms with Crippen LogP contribution in [0.4, 0.5) is 0 Å². The summed E-state index contributed by atoms with van der Waals surface area (Å²) in [4.78, 5) is 17.2. The zero-order valence-corrected chi connectivity index (χ0v) is 16.8. The van der Waals surface area contributed by atoms with E-state index in [1.165, 1.54) is 18.4 Å². The lowest BCUT2D eigenvalue weighted by Crippen LogP contribution is -2.51. The Hall–Kier alpha value is -1.10. The van der Waals surface area contributed by atoms with Crippen molar-refractivity contribution in [3.63, 3.8) is 0 Å². The van der Waals surface area contributed by atoms with E-state index in [0.717, 1.165) is 44.2 Å². The molecule has 1 heterocycles. The number of rotatable bonds is 5. The van der Waals surface area contributed by atoms with Crippen LogP contribution in [0.5, 0.6) is 0 Å². The predicted octanol–water partition coefficient (Wildman–Crippen LogP) is 3.40. The third-order valence-electron chi connectivity index (χ3n) is 6.20. The summed E-state index contributed by atoms with van der Waals surface area (Å²) in [7, 11) is 0. The minimum Gasteiger partial charge on any atom is -0.352 e. The number of halogens is 1. The third kappa shape index (κ3) is 5.45. The largest absolute Gasteiger partial charge is 0.352 e. The third-order valence-corrected chi connectivity index (χ3v) is 6.46. The first-order chi connectivity index (χ1) is 12.5. The van der Waals surface area contributed by atoms with Crippen molar-refractivity contribution in [2.24, 2.45) is 11.8 Å². The molecule has 5 heteroatoms. The highest BCUT2D eigenvalue weighted by Crippen LogP contribution is 2.29. The van der Waals surface area contributed by atoms with Crippen LogP contribution in [-0.4, -0.2) is 54.5 Å². The molecular formula is C21H32ClN3O. The van der Waals surface area contributed by atoms with Crippen LogP contribution in [0.1, 0.15) is 38.7 Å². The maximum Gasteiger partial charge on any atom is 0.234 e. The number of nitrogens with one attached hydrogen (secondary N) is 1. The van der Waals surface area contributed by atoms with Gasteiger partial charge in [0.05, 0.1) is 6.54 Å². The lowest BCUT2D eigenvalue weighted by molar-refractivity contribution is -0.124. The number of benzene rings is 1. The number of piperazine rings is 1. The highest BCUT2D eigenvalue weighted by Gasteiger charge is 2.28. The summed E-state index contributed by atoms with van der Waals surface area (Å²) in [6.07, 6.45) is 3.66. The number of amides is 1. The maximum absolute atomic E-state index is 12.5. The first-order valence-electron chi connectivity index (χ1n) is 10.00. The van der Waals surface area contributed by atoms with Gasteiger partial charge in [-0.3, -0.25) is 14.6 Å². The Bertz CT molecular complexity index is 583. The fourth-order valence-corrected chi connectivity index (χ4v) is 4.32. The molecule has 1 aromatic carbocycles. The molecule has 1 saturated heterocycles. The molecule has 0 bridgehead atoms. The van der Waals surface area contributed by atoms with Crippen LogP contribution in [-0.2, 0) is 11.3 Å². The van der Waals surface area contributed by atoms with Crippen LogP contribution in [0.2, 0.25) is 5.02 Å². The molecule has 1 amide bonds. The van der Waals surface area contributed by atoms with Crippen molar-refractivity contribution in [3.8, 4) is 0 Å². The predicted molar refractivity (Wildman–Crippen MR) is 107 cm³/mol. The summed E-state index contributed by atoms with van der Waals surface area (Å²) >= 11 is 5.95. The molecule has 2 fully saturated rings. The molecule has 26 heavy (non-hydrogen) atoms. The van der Waals surface area contributed by atoms with Gasteiger partial charge in [-0.05, 0) is 36.0 Å². The van der Waals surface area contributed by atoms with Gasteiger partial charge < -0.3 is 5.32 Å². The Morgan fingerprint density at radius 2 is 1.73 bits per heavy atom. The Kier molecular flexibility index (Phi) is 6.96. The quantitative estimate of drug-likeness (QED) is 0.854. The smallest absolute Gasteiger partial charge is 0.234 e. The van der Waals surface area contributed by atoms with Crippen molar-refractivity contribution in [1.82, 2.24) is 15.1 Å². The van der Waals surface area contributed by atoms with E-state index >= 15 is 0 Å². The van der Waals surface area contributed by atoms with Gasteiger partial charge in [-0.2, -0.15) is 0 Å². The van der Waals surface area contributed by atoms with Crippen molar-refractivity contribution >= 4 is 17.5 Å². The molecule has 0 unspecified atom stereocenters. The van der Waals surface area contributed by atoms with Gasteiger partial charge in [0.15, 0.2) is 0 Å². The summed E-state index contributed by atoms with van der Waals surface area (Å²) < 4.78 is 0. The number of carbonyl (C=O) groups excluding carboxylic acids is 1. The minimum atomic E-state index is 0.196. The average Bonchev–Trinajstić information content (AvgIpc) is 2.62. The first-order valence-corrected chi connectivity index (χ1v) is 10.4. The van der Waals surface area contributed by atoms with Crippen molar-refractivity contribution in [2.45, 2.75) is 45.7 Å². The van der Waals surface area contributed by atoms with Crippen LogP contribution in [0.3, 0.4) is 0 Å². The van der Waals surface area contributed by atoms with E-state index in [4.69, 9.17) is 11.6 Å². The van der Waals surface area contributed by atoms with Gasteiger partial charge in [0.2, 0.25) is 5.91 Å². The van der Waals surface area contributed by atoms with Crippen LogP contribution in [0.25, 0.3) is 0 Å². The Balaban J connectivity index is 1.39. The highest BCUT2D eigenvalue weighted by atomic mass is 35.5. The van der Waals surface area contributed by atoms with Crippen LogP contribution < -0.4 is 5.32 Å². The van der Waals surface area contributed by atoms with Crippen LogP contribution in [0, 0.1) is 11.8 Å². The van der Waals surface area contributed by atoms with Gasteiger partial charge in [0.1, 0.15) is 0 Å². The number of nitrogens with zero attached hydrogens (tertiary/aromatic N) is 2. The molecule has 1 aliphatic carbocycles. The lowest BCUT2D eigenvalue weighted by atomic mass is 9.78. The molecule has 0 aromatic heterocycles. The van der Waals surface area contributed by atoms with Crippen molar-refractivity contribution in [3.05, 3.63) is 34.9 Å². The lowest BCUT2D eigenvalue weighted by Gasteiger charge is -2.36. The Morgan fingerprint density at radius 3 is 2.42 bits per heavy atom. The fourth-order valence-electron chi connectivity index (χ4n) is 4.19. The Morgan fingerprint density at radius 1 is 1.08 bits per heavy atom. The fraction of sp³-hybridized carbons (Fsp3) is 0.667. The molecule has 144 valence electrons. The van der Waals surface area contributed by atoms with Crippen molar-refractivity contribution in [1.29, 1.82) is 0 Å². The summed E-state index contributed by atoms with van der Waals surface area (Å²) in [5.41, 5.74) is 1.29. The standard InChI is InChI=1S/C21H32ClN3O/c1-16-4-3-5-20(17(16)2)23-21(26)15-25-12-10-24(11-13-25)14-18-6-8-19(22)9-7-18/h6-9,16-17,20H,3-5,10-15H2,1-2H3,(H,23,26)/t16-,17+,20+/m0/s1. The van der Waals surface area contributed by atoms with E-state index < -0.39 is 0 Å². The second-order valence-electron chi connectivity index (χ2n) is 8.12. The van der Waals surface area contributed by atoms with Gasteiger partial charge >= 0.3 is 0 Å². The number of hydrogen-bond donors (Lipinski definition) is 1. The number of hydrogen-bond acceptors (Lipinski definition) is 3. The molecule has 4 nitrogen and oxygen atoms in total. The van der Waals surface area contributed by atoms with Crippen molar-refractivity contribution in [2.75, 3.05) is 32.7 Å². The summed E-state index contributed by atoms with van der Waals surface area (Å²) in [5, 5.41) is 4.08. The summed E-state index contributed by atoms with van der Waals surface area (Å²) in [5.74, 6) is 1.50. The summed E-state index contributed by atoms with van der Waals surface area (Å²) in [6, 6.07) is 8.44. The topological polar surface area (TPSA) is 35.6 Å². The van der Waals surface area contributed by atoms with Crippen LogP contribution in [0.15, 0.2) is 24.3 Å². The van der Waals surface area contributed by atoms with Gasteiger partial charge in [-0.25, -0.2) is 0 Å². The molecule has 1 N–H and O–H groups in total. The van der Waals surface area contributed by atoms with E-state index in [0.29, 0.717) is 24.4 Å². The minimum absolute atomic E-state index is 0.196. The van der Waals surface area contributed by atoms with E-state index in [1.807, 2.05) is 12.1 Å². The second-order valence-corrected chi connectivity index (χ2v) is 8.56. The Labute approximate surface area is 162 Å².